The number of rotatable bonds is 1. The summed E-state index contributed by atoms with van der Waals surface area (Å²) in [6.45, 7) is 4.00. The zero-order valence-corrected chi connectivity index (χ0v) is 10.4. The summed E-state index contributed by atoms with van der Waals surface area (Å²) in [5, 5.41) is 10.8. The van der Waals surface area contributed by atoms with Crippen LogP contribution in [0.1, 0.15) is 31.1 Å². The molecule has 0 spiro atoms. The van der Waals surface area contributed by atoms with E-state index in [0.717, 1.165) is 10.9 Å². The topological polar surface area (TPSA) is 36.9 Å². The number of benzene rings is 1. The van der Waals surface area contributed by atoms with Crippen molar-refractivity contribution in [2.24, 2.45) is 0 Å². The van der Waals surface area contributed by atoms with Crippen LogP contribution in [0.4, 0.5) is 0 Å². The Hall–Kier alpha value is -1.17. The fourth-order valence-electron chi connectivity index (χ4n) is 1.80. The van der Waals surface area contributed by atoms with Crippen molar-refractivity contribution in [3.63, 3.8) is 0 Å². The van der Waals surface area contributed by atoms with E-state index in [4.69, 9.17) is 32.9 Å². The van der Waals surface area contributed by atoms with Gasteiger partial charge in [-0.2, -0.15) is 5.26 Å². The standard InChI is InChI=1S/C12H9Cl2NO/c1-6(2)11-8-3-7(13)4-9(14)12(8)16-10(11)5-15/h3-4,6H,1-2H3. The van der Waals surface area contributed by atoms with Gasteiger partial charge in [0, 0.05) is 16.0 Å². The molecule has 0 aliphatic carbocycles. The van der Waals surface area contributed by atoms with Gasteiger partial charge in [-0.3, -0.25) is 0 Å². The minimum atomic E-state index is 0.186. The lowest BCUT2D eigenvalue weighted by Gasteiger charge is -2.02. The normalized spacial score (nSPS) is 11.0. The molecule has 2 rings (SSSR count). The van der Waals surface area contributed by atoms with Gasteiger partial charge < -0.3 is 4.42 Å². The highest BCUT2D eigenvalue weighted by Crippen LogP contribution is 2.37. The number of hydrogen-bond acceptors (Lipinski definition) is 2. The van der Waals surface area contributed by atoms with Crippen molar-refractivity contribution in [2.45, 2.75) is 19.8 Å². The Balaban J connectivity index is 2.91. The molecule has 82 valence electrons. The maximum atomic E-state index is 9.01. The second-order valence-electron chi connectivity index (χ2n) is 3.88. The van der Waals surface area contributed by atoms with E-state index < -0.39 is 0 Å². The van der Waals surface area contributed by atoms with Crippen molar-refractivity contribution in [2.75, 3.05) is 0 Å². The van der Waals surface area contributed by atoms with E-state index in [9.17, 15) is 0 Å². The number of furan rings is 1. The molecular formula is C12H9Cl2NO. The molecule has 0 unspecified atom stereocenters. The lowest BCUT2D eigenvalue weighted by molar-refractivity contribution is 0.589. The van der Waals surface area contributed by atoms with Crippen LogP contribution in [-0.4, -0.2) is 0 Å². The molecule has 4 heteroatoms. The van der Waals surface area contributed by atoms with Gasteiger partial charge in [-0.05, 0) is 18.1 Å². The maximum Gasteiger partial charge on any atom is 0.208 e. The van der Waals surface area contributed by atoms with Gasteiger partial charge >= 0.3 is 0 Å². The minimum Gasteiger partial charge on any atom is -0.444 e. The zero-order valence-electron chi connectivity index (χ0n) is 8.84. The first-order valence-electron chi connectivity index (χ1n) is 4.86. The lowest BCUT2D eigenvalue weighted by atomic mass is 10.00. The molecule has 1 aromatic carbocycles. The molecule has 0 amide bonds. The predicted octanol–water partition coefficient (Wildman–Crippen LogP) is 4.73. The van der Waals surface area contributed by atoms with Crippen LogP contribution >= 0.6 is 23.2 Å². The van der Waals surface area contributed by atoms with Gasteiger partial charge in [0.25, 0.3) is 0 Å². The highest BCUT2D eigenvalue weighted by molar-refractivity contribution is 6.38. The van der Waals surface area contributed by atoms with E-state index in [1.54, 1.807) is 12.1 Å². The van der Waals surface area contributed by atoms with Crippen molar-refractivity contribution in [3.8, 4) is 6.07 Å². The molecule has 2 nitrogen and oxygen atoms in total. The van der Waals surface area contributed by atoms with E-state index >= 15 is 0 Å². The lowest BCUT2D eigenvalue weighted by Crippen LogP contribution is -1.88. The maximum absolute atomic E-state index is 9.01. The van der Waals surface area contributed by atoms with Gasteiger partial charge in [-0.25, -0.2) is 0 Å². The third-order valence-electron chi connectivity index (χ3n) is 2.43. The highest BCUT2D eigenvalue weighted by atomic mass is 35.5. The summed E-state index contributed by atoms with van der Waals surface area (Å²) >= 11 is 12.0. The summed E-state index contributed by atoms with van der Waals surface area (Å²) in [5.74, 6) is 0.500. The minimum absolute atomic E-state index is 0.186. The van der Waals surface area contributed by atoms with Gasteiger partial charge in [-0.1, -0.05) is 37.0 Å². The first-order valence-corrected chi connectivity index (χ1v) is 5.61. The zero-order chi connectivity index (χ0) is 11.9. The van der Waals surface area contributed by atoms with Crippen molar-refractivity contribution in [1.29, 1.82) is 5.26 Å². The van der Waals surface area contributed by atoms with Crippen LogP contribution in [-0.2, 0) is 0 Å². The molecule has 0 fully saturated rings. The SMILES string of the molecule is CC(C)c1c(C#N)oc2c(Cl)cc(Cl)cc12. The first-order chi connectivity index (χ1) is 7.54. The van der Waals surface area contributed by atoms with Gasteiger partial charge in [0.15, 0.2) is 5.58 Å². The average molecular weight is 254 g/mol. The van der Waals surface area contributed by atoms with Crippen LogP contribution in [0.15, 0.2) is 16.5 Å². The summed E-state index contributed by atoms with van der Waals surface area (Å²) < 4.78 is 5.44. The van der Waals surface area contributed by atoms with Crippen LogP contribution in [0.2, 0.25) is 10.0 Å². The Morgan fingerprint density at radius 1 is 1.31 bits per heavy atom. The summed E-state index contributed by atoms with van der Waals surface area (Å²) in [4.78, 5) is 0. The van der Waals surface area contributed by atoms with Crippen LogP contribution in [0.5, 0.6) is 0 Å². The number of nitriles is 1. The molecule has 0 N–H and O–H groups in total. The summed E-state index contributed by atoms with van der Waals surface area (Å²) in [5.41, 5.74) is 1.40. The predicted molar refractivity (Wildman–Crippen MR) is 65.0 cm³/mol. The molecule has 0 radical (unpaired) electrons. The van der Waals surface area contributed by atoms with Crippen LogP contribution in [0.25, 0.3) is 11.0 Å². The molecular weight excluding hydrogens is 245 g/mol. The van der Waals surface area contributed by atoms with Gasteiger partial charge in [0.1, 0.15) is 6.07 Å². The summed E-state index contributed by atoms with van der Waals surface area (Å²) in [6, 6.07) is 5.44. The molecule has 16 heavy (non-hydrogen) atoms. The van der Waals surface area contributed by atoms with Crippen molar-refractivity contribution in [1.82, 2.24) is 0 Å². The number of halogens is 2. The van der Waals surface area contributed by atoms with Crippen molar-refractivity contribution in [3.05, 3.63) is 33.5 Å². The first kappa shape index (κ1) is 11.3. The number of nitrogens with zero attached hydrogens (tertiary/aromatic N) is 1. The molecule has 0 aliphatic heterocycles. The smallest absolute Gasteiger partial charge is 0.208 e. The Labute approximate surface area is 103 Å². The molecule has 1 aromatic heterocycles. The van der Waals surface area contributed by atoms with Gasteiger partial charge in [0.05, 0.1) is 5.02 Å². The summed E-state index contributed by atoms with van der Waals surface area (Å²) in [6.07, 6.45) is 0. The fraction of sp³-hybridized carbons (Fsp3) is 0.250. The Morgan fingerprint density at radius 3 is 2.56 bits per heavy atom. The van der Waals surface area contributed by atoms with E-state index in [2.05, 4.69) is 0 Å². The third kappa shape index (κ3) is 1.67. The van der Waals surface area contributed by atoms with Crippen LogP contribution in [0, 0.1) is 11.3 Å². The highest BCUT2D eigenvalue weighted by Gasteiger charge is 2.19. The Bertz CT molecular complexity index is 593. The molecule has 0 aliphatic rings. The Morgan fingerprint density at radius 2 is 2.00 bits per heavy atom. The van der Waals surface area contributed by atoms with Crippen molar-refractivity contribution >= 4 is 34.2 Å². The molecule has 0 saturated heterocycles. The molecule has 0 saturated carbocycles. The third-order valence-corrected chi connectivity index (χ3v) is 2.93. The molecule has 0 bridgehead atoms. The Kier molecular flexibility index (Phi) is 2.84. The van der Waals surface area contributed by atoms with Crippen LogP contribution < -0.4 is 0 Å². The number of hydrogen-bond donors (Lipinski definition) is 0. The summed E-state index contributed by atoms with van der Waals surface area (Å²) in [7, 11) is 0. The van der Waals surface area contributed by atoms with Crippen LogP contribution in [0.3, 0.4) is 0 Å². The number of fused-ring (bicyclic) bond motifs is 1. The second-order valence-corrected chi connectivity index (χ2v) is 4.72. The monoisotopic (exact) mass is 253 g/mol. The molecule has 1 heterocycles. The van der Waals surface area contributed by atoms with Gasteiger partial charge in [0.2, 0.25) is 5.76 Å². The molecule has 0 atom stereocenters. The second kappa shape index (κ2) is 4.01. The van der Waals surface area contributed by atoms with E-state index in [-0.39, 0.29) is 5.92 Å². The van der Waals surface area contributed by atoms with E-state index in [1.807, 2.05) is 19.9 Å². The average Bonchev–Trinajstić information content (AvgIpc) is 2.56. The van der Waals surface area contributed by atoms with E-state index in [0.29, 0.717) is 21.4 Å². The largest absolute Gasteiger partial charge is 0.444 e. The van der Waals surface area contributed by atoms with Crippen molar-refractivity contribution < 1.29 is 4.42 Å². The van der Waals surface area contributed by atoms with Gasteiger partial charge in [-0.15, -0.1) is 0 Å². The molecule has 2 aromatic rings. The quantitative estimate of drug-likeness (QED) is 0.737. The fourth-order valence-corrected chi connectivity index (χ4v) is 2.33. The van der Waals surface area contributed by atoms with E-state index in [1.165, 1.54) is 0 Å².